The number of carbonyl (C=O) groups excluding carboxylic acids is 1. The molecule has 0 unspecified atom stereocenters. The van der Waals surface area contributed by atoms with Crippen LogP contribution < -0.4 is 11.2 Å². The minimum atomic E-state index is -0.635. The van der Waals surface area contributed by atoms with Crippen LogP contribution in [0.2, 0.25) is 0 Å². The summed E-state index contributed by atoms with van der Waals surface area (Å²) in [6, 6.07) is 0. The van der Waals surface area contributed by atoms with E-state index >= 15 is 0 Å². The number of rotatable bonds is 1. The topological polar surface area (TPSA) is 61.1 Å². The van der Waals surface area contributed by atoms with Gasteiger partial charge < -0.3 is 4.57 Å². The molecule has 0 radical (unpaired) electrons. The van der Waals surface area contributed by atoms with Gasteiger partial charge in [-0.15, -0.1) is 0 Å². The van der Waals surface area contributed by atoms with Gasteiger partial charge in [0.1, 0.15) is 0 Å². The highest BCUT2D eigenvalue weighted by Gasteiger charge is 2.26. The molecule has 0 saturated carbocycles. The molecule has 5 nitrogen and oxygen atoms in total. The molecule has 0 saturated heterocycles. The van der Waals surface area contributed by atoms with E-state index in [1.807, 2.05) is 0 Å². The third kappa shape index (κ3) is 1.98. The monoisotopic (exact) mass is 224 g/mol. The number of hydrogen-bond acceptors (Lipinski definition) is 3. The van der Waals surface area contributed by atoms with Crippen LogP contribution in [-0.2, 0) is 14.1 Å². The van der Waals surface area contributed by atoms with E-state index in [0.717, 1.165) is 4.57 Å². The van der Waals surface area contributed by atoms with Crippen molar-refractivity contribution in [3.63, 3.8) is 0 Å². The molecular formula is C11H16N2O3. The van der Waals surface area contributed by atoms with E-state index in [1.54, 1.807) is 20.8 Å². The van der Waals surface area contributed by atoms with E-state index in [9.17, 15) is 14.4 Å². The largest absolute Gasteiger partial charge is 0.330 e. The summed E-state index contributed by atoms with van der Waals surface area (Å²) in [4.78, 5) is 35.2. The maximum atomic E-state index is 12.0. The first-order valence-corrected chi connectivity index (χ1v) is 4.97. The smallest absolute Gasteiger partial charge is 0.303 e. The minimum absolute atomic E-state index is 0.0529. The maximum Gasteiger partial charge on any atom is 0.330 e. The highest BCUT2D eigenvalue weighted by Crippen LogP contribution is 2.18. The lowest BCUT2D eigenvalue weighted by molar-refractivity contribution is 0.0855. The molecule has 0 aliphatic carbocycles. The van der Waals surface area contributed by atoms with Crippen molar-refractivity contribution in [3.8, 4) is 0 Å². The summed E-state index contributed by atoms with van der Waals surface area (Å²) in [5, 5.41) is 0. The molecule has 1 heterocycles. The van der Waals surface area contributed by atoms with Crippen molar-refractivity contribution in [2.45, 2.75) is 20.8 Å². The van der Waals surface area contributed by atoms with Crippen LogP contribution in [0.5, 0.6) is 0 Å². The molecule has 0 spiro atoms. The van der Waals surface area contributed by atoms with Gasteiger partial charge in [0.25, 0.3) is 5.56 Å². The van der Waals surface area contributed by atoms with Gasteiger partial charge in [-0.25, -0.2) is 4.79 Å². The zero-order valence-corrected chi connectivity index (χ0v) is 10.2. The number of aromatic nitrogens is 2. The van der Waals surface area contributed by atoms with Crippen molar-refractivity contribution in [1.82, 2.24) is 9.13 Å². The highest BCUT2D eigenvalue weighted by atomic mass is 16.2. The van der Waals surface area contributed by atoms with Gasteiger partial charge in [-0.2, -0.15) is 0 Å². The first kappa shape index (κ1) is 12.4. The van der Waals surface area contributed by atoms with Gasteiger partial charge in [-0.05, 0) is 0 Å². The lowest BCUT2D eigenvalue weighted by Gasteiger charge is -2.16. The second kappa shape index (κ2) is 3.73. The van der Waals surface area contributed by atoms with Crippen LogP contribution in [0.1, 0.15) is 31.1 Å². The summed E-state index contributed by atoms with van der Waals surface area (Å²) in [6.45, 7) is 5.21. The summed E-state index contributed by atoms with van der Waals surface area (Å²) in [7, 11) is 2.88. The van der Waals surface area contributed by atoms with E-state index in [4.69, 9.17) is 0 Å². The van der Waals surface area contributed by atoms with E-state index in [-0.39, 0.29) is 11.3 Å². The number of nitrogens with zero attached hydrogens (tertiary/aromatic N) is 2. The summed E-state index contributed by atoms with van der Waals surface area (Å²) in [5.74, 6) is -0.260. The number of aryl methyl sites for hydroxylation is 1. The van der Waals surface area contributed by atoms with Crippen LogP contribution in [0.3, 0.4) is 0 Å². The molecule has 0 bridgehead atoms. The Morgan fingerprint density at radius 2 is 1.69 bits per heavy atom. The van der Waals surface area contributed by atoms with Crippen LogP contribution in [0, 0.1) is 5.41 Å². The number of ketones is 1. The predicted molar refractivity (Wildman–Crippen MR) is 60.7 cm³/mol. The van der Waals surface area contributed by atoms with Crippen molar-refractivity contribution in [3.05, 3.63) is 32.6 Å². The Labute approximate surface area is 93.3 Å². The Hall–Kier alpha value is -1.65. The van der Waals surface area contributed by atoms with Gasteiger partial charge in [0.2, 0.25) is 0 Å². The molecule has 16 heavy (non-hydrogen) atoms. The van der Waals surface area contributed by atoms with Gasteiger partial charge >= 0.3 is 5.69 Å². The van der Waals surface area contributed by atoms with Crippen molar-refractivity contribution in [2.24, 2.45) is 19.5 Å². The summed E-state index contributed by atoms with van der Waals surface area (Å²) in [6.07, 6.45) is 1.30. The fourth-order valence-electron chi connectivity index (χ4n) is 1.37. The second-order valence-corrected chi connectivity index (χ2v) is 4.88. The van der Waals surface area contributed by atoms with Crippen LogP contribution in [0.4, 0.5) is 0 Å². The fourth-order valence-corrected chi connectivity index (χ4v) is 1.37. The summed E-state index contributed by atoms with van der Waals surface area (Å²) in [5.41, 5.74) is -1.56. The average Bonchev–Trinajstić information content (AvgIpc) is 2.18. The molecule has 1 rings (SSSR count). The average molecular weight is 224 g/mol. The second-order valence-electron chi connectivity index (χ2n) is 4.88. The molecule has 1 aromatic rings. The third-order valence-electron chi connectivity index (χ3n) is 2.37. The Kier molecular flexibility index (Phi) is 2.90. The number of Topliss-reactive ketones (excluding diaryl/α,β-unsaturated/α-hetero) is 1. The lowest BCUT2D eigenvalue weighted by Crippen LogP contribution is -2.41. The molecule has 1 aromatic heterocycles. The zero-order chi connectivity index (χ0) is 12.7. The highest BCUT2D eigenvalue weighted by molar-refractivity contribution is 5.99. The van der Waals surface area contributed by atoms with Crippen molar-refractivity contribution < 1.29 is 4.79 Å². The predicted octanol–water partition coefficient (Wildman–Crippen LogP) is 0.313. The van der Waals surface area contributed by atoms with E-state index in [1.165, 1.54) is 24.9 Å². The summed E-state index contributed by atoms with van der Waals surface area (Å²) < 4.78 is 2.18. The van der Waals surface area contributed by atoms with Crippen molar-refractivity contribution in [2.75, 3.05) is 0 Å². The molecule has 0 N–H and O–H groups in total. The summed E-state index contributed by atoms with van der Waals surface area (Å²) >= 11 is 0. The number of hydrogen-bond donors (Lipinski definition) is 0. The lowest BCUT2D eigenvalue weighted by atomic mass is 9.87. The molecule has 0 aliphatic heterocycles. The Morgan fingerprint density at radius 3 is 2.12 bits per heavy atom. The van der Waals surface area contributed by atoms with Gasteiger partial charge in [0.15, 0.2) is 5.78 Å². The first-order valence-electron chi connectivity index (χ1n) is 4.97. The zero-order valence-electron chi connectivity index (χ0n) is 10.2. The molecule has 0 atom stereocenters. The normalized spacial score (nSPS) is 11.6. The van der Waals surface area contributed by atoms with Crippen molar-refractivity contribution in [1.29, 1.82) is 0 Å². The van der Waals surface area contributed by atoms with Gasteiger partial charge in [-0.1, -0.05) is 20.8 Å². The van der Waals surface area contributed by atoms with Crippen LogP contribution in [-0.4, -0.2) is 14.9 Å². The molecule has 0 fully saturated rings. The SMILES string of the molecule is Cn1cc(C(=O)C(C)(C)C)c(=O)n(C)c1=O. The van der Waals surface area contributed by atoms with Gasteiger partial charge in [-0.3, -0.25) is 14.2 Å². The number of carbonyl (C=O) groups is 1. The van der Waals surface area contributed by atoms with E-state index in [2.05, 4.69) is 0 Å². The first-order chi connectivity index (χ1) is 7.16. The van der Waals surface area contributed by atoms with Crippen LogP contribution >= 0.6 is 0 Å². The fraction of sp³-hybridized carbons (Fsp3) is 0.545. The van der Waals surface area contributed by atoms with Crippen LogP contribution in [0.15, 0.2) is 15.8 Å². The molecule has 5 heteroatoms. The third-order valence-corrected chi connectivity index (χ3v) is 2.37. The Morgan fingerprint density at radius 1 is 1.19 bits per heavy atom. The quantitative estimate of drug-likeness (QED) is 0.645. The minimum Gasteiger partial charge on any atom is -0.303 e. The van der Waals surface area contributed by atoms with E-state index < -0.39 is 16.7 Å². The Balaban J connectivity index is 3.56. The van der Waals surface area contributed by atoms with Gasteiger partial charge in [0, 0.05) is 25.7 Å². The molecule has 0 aliphatic rings. The standard InChI is InChI=1S/C11H16N2O3/c1-11(2,3)8(14)7-6-12(4)10(16)13(5)9(7)15/h6H,1-5H3. The van der Waals surface area contributed by atoms with E-state index in [0.29, 0.717) is 0 Å². The maximum absolute atomic E-state index is 12.0. The molecular weight excluding hydrogens is 208 g/mol. The van der Waals surface area contributed by atoms with Crippen LogP contribution in [0.25, 0.3) is 0 Å². The Bertz CT molecular complexity index is 544. The molecule has 88 valence electrons. The molecule has 0 aromatic carbocycles. The molecule has 0 amide bonds. The van der Waals surface area contributed by atoms with Gasteiger partial charge in [0.05, 0.1) is 5.56 Å². The van der Waals surface area contributed by atoms with Crippen molar-refractivity contribution >= 4 is 5.78 Å².